The summed E-state index contributed by atoms with van der Waals surface area (Å²) in [5.41, 5.74) is 1.46. The molecule has 1 N–H and O–H groups in total. The van der Waals surface area contributed by atoms with Gasteiger partial charge in [0.2, 0.25) is 5.91 Å². The van der Waals surface area contributed by atoms with Crippen molar-refractivity contribution in [1.82, 2.24) is 9.97 Å². The second-order valence-corrected chi connectivity index (χ2v) is 6.24. The summed E-state index contributed by atoms with van der Waals surface area (Å²) < 4.78 is 0.632. The zero-order valence-corrected chi connectivity index (χ0v) is 12.5. The Balaban J connectivity index is 1.69. The molecule has 5 nitrogen and oxygen atoms in total. The zero-order chi connectivity index (χ0) is 15.1. The van der Waals surface area contributed by atoms with Gasteiger partial charge in [-0.2, -0.15) is 0 Å². The van der Waals surface area contributed by atoms with Gasteiger partial charge in [0.25, 0.3) is 5.56 Å². The van der Waals surface area contributed by atoms with E-state index in [9.17, 15) is 9.59 Å². The van der Waals surface area contributed by atoms with Gasteiger partial charge < -0.3 is 9.88 Å². The van der Waals surface area contributed by atoms with Gasteiger partial charge in [0.15, 0.2) is 0 Å². The van der Waals surface area contributed by atoms with Crippen LogP contribution in [0.3, 0.4) is 0 Å². The summed E-state index contributed by atoms with van der Waals surface area (Å²) in [5, 5.41) is 1.85. The molecule has 6 heteroatoms. The van der Waals surface area contributed by atoms with Gasteiger partial charge in [0, 0.05) is 24.6 Å². The summed E-state index contributed by atoms with van der Waals surface area (Å²) in [4.78, 5) is 33.4. The Hall–Kier alpha value is -2.47. The lowest BCUT2D eigenvalue weighted by atomic mass is 10.1. The van der Waals surface area contributed by atoms with E-state index in [-0.39, 0.29) is 17.4 Å². The molecule has 110 valence electrons. The van der Waals surface area contributed by atoms with Gasteiger partial charge in [-0.15, -0.1) is 11.3 Å². The molecule has 1 aromatic carbocycles. The molecule has 0 bridgehead atoms. The first kappa shape index (κ1) is 13.2. The van der Waals surface area contributed by atoms with Crippen LogP contribution in [0.4, 0.5) is 5.69 Å². The lowest BCUT2D eigenvalue weighted by Crippen LogP contribution is -2.24. The summed E-state index contributed by atoms with van der Waals surface area (Å²) in [6.45, 7) is 0.543. The minimum Gasteiger partial charge on any atom is -0.312 e. The van der Waals surface area contributed by atoms with Gasteiger partial charge in [-0.3, -0.25) is 9.59 Å². The van der Waals surface area contributed by atoms with Crippen LogP contribution in [0.2, 0.25) is 0 Å². The predicted octanol–water partition coefficient (Wildman–Crippen LogP) is 2.51. The van der Waals surface area contributed by atoms with E-state index in [1.807, 2.05) is 41.8 Å². The predicted molar refractivity (Wildman–Crippen MR) is 86.4 cm³/mol. The van der Waals surface area contributed by atoms with Crippen LogP contribution in [0.1, 0.15) is 18.2 Å². The van der Waals surface area contributed by atoms with E-state index in [0.29, 0.717) is 29.0 Å². The number of thiophene rings is 1. The Bertz CT molecular complexity index is 900. The Morgan fingerprint density at radius 1 is 1.18 bits per heavy atom. The number of nitrogens with zero attached hydrogens (tertiary/aromatic N) is 2. The number of H-pyrrole nitrogens is 1. The molecule has 3 heterocycles. The van der Waals surface area contributed by atoms with Crippen molar-refractivity contribution >= 4 is 33.1 Å². The molecule has 22 heavy (non-hydrogen) atoms. The fourth-order valence-electron chi connectivity index (χ4n) is 2.83. The van der Waals surface area contributed by atoms with Crippen LogP contribution in [-0.2, 0) is 4.79 Å². The molecule has 0 radical (unpaired) electrons. The van der Waals surface area contributed by atoms with Gasteiger partial charge in [-0.1, -0.05) is 18.2 Å². The molecular formula is C16H13N3O2S. The highest BCUT2D eigenvalue weighted by Gasteiger charge is 2.33. The van der Waals surface area contributed by atoms with Gasteiger partial charge in [-0.25, -0.2) is 4.98 Å². The molecule has 3 aromatic rings. The first-order valence-electron chi connectivity index (χ1n) is 7.05. The van der Waals surface area contributed by atoms with Crippen LogP contribution in [0.15, 0.2) is 46.6 Å². The molecule has 1 atom stereocenters. The van der Waals surface area contributed by atoms with Gasteiger partial charge in [0.1, 0.15) is 10.5 Å². The Labute approximate surface area is 130 Å². The molecule has 1 aliphatic rings. The Morgan fingerprint density at radius 2 is 2.00 bits per heavy atom. The third-order valence-electron chi connectivity index (χ3n) is 3.91. The maximum absolute atomic E-state index is 12.3. The number of benzene rings is 1. The van der Waals surface area contributed by atoms with Gasteiger partial charge in [-0.05, 0) is 23.6 Å². The molecule has 0 unspecified atom stereocenters. The third kappa shape index (κ3) is 2.12. The molecule has 0 spiro atoms. The normalized spacial score (nSPS) is 18.3. The number of anilines is 1. The van der Waals surface area contributed by atoms with Crippen LogP contribution in [0, 0.1) is 0 Å². The smallest absolute Gasteiger partial charge is 0.268 e. The number of fused-ring (bicyclic) bond motifs is 1. The highest BCUT2D eigenvalue weighted by Crippen LogP contribution is 2.30. The number of nitrogens with one attached hydrogen (secondary N) is 1. The Kier molecular flexibility index (Phi) is 3.04. The molecule has 1 saturated heterocycles. The molecule has 2 aromatic heterocycles. The summed E-state index contributed by atoms with van der Waals surface area (Å²) in [6.07, 6.45) is 0.369. The molecule has 4 rings (SSSR count). The van der Waals surface area contributed by atoms with E-state index >= 15 is 0 Å². The van der Waals surface area contributed by atoms with E-state index in [2.05, 4.69) is 9.97 Å². The minimum atomic E-state index is -0.124. The standard InChI is InChI=1S/C16H13N3O2S/c20-13-8-10(9-19(13)11-4-2-1-3-5-11)15-17-12-6-7-22-14(12)16(21)18-15/h1-7,10H,8-9H2,(H,17,18,21)/t10-/m1/s1. The maximum atomic E-state index is 12.3. The van der Waals surface area contributed by atoms with Gasteiger partial charge in [0.05, 0.1) is 5.52 Å². The maximum Gasteiger partial charge on any atom is 0.268 e. The quantitative estimate of drug-likeness (QED) is 0.791. The first-order chi connectivity index (χ1) is 10.7. The van der Waals surface area contributed by atoms with Crippen molar-refractivity contribution in [3.05, 3.63) is 58.0 Å². The van der Waals surface area contributed by atoms with Crippen LogP contribution in [-0.4, -0.2) is 22.4 Å². The number of carbonyl (C=O) groups is 1. The number of hydrogen-bond acceptors (Lipinski definition) is 4. The second-order valence-electron chi connectivity index (χ2n) is 5.33. The molecular weight excluding hydrogens is 298 g/mol. The van der Waals surface area contributed by atoms with E-state index in [0.717, 1.165) is 5.69 Å². The van der Waals surface area contributed by atoms with Crippen LogP contribution in [0.25, 0.3) is 10.2 Å². The van der Waals surface area contributed by atoms with Crippen molar-refractivity contribution < 1.29 is 4.79 Å². The third-order valence-corrected chi connectivity index (χ3v) is 4.82. The fraction of sp³-hybridized carbons (Fsp3) is 0.188. The zero-order valence-electron chi connectivity index (χ0n) is 11.7. The lowest BCUT2D eigenvalue weighted by molar-refractivity contribution is -0.117. The molecule has 1 fully saturated rings. The SMILES string of the molecule is O=C1C[C@@H](c2nc3ccsc3c(=O)[nH]2)CN1c1ccccc1. The average molecular weight is 311 g/mol. The Morgan fingerprint density at radius 3 is 2.82 bits per heavy atom. The number of aromatic amines is 1. The van der Waals surface area contributed by atoms with Crippen LogP contribution < -0.4 is 10.5 Å². The number of amides is 1. The van der Waals surface area contributed by atoms with Crippen LogP contribution >= 0.6 is 11.3 Å². The van der Waals surface area contributed by atoms with Crippen molar-refractivity contribution in [2.24, 2.45) is 0 Å². The van der Waals surface area contributed by atoms with E-state index in [1.54, 1.807) is 4.90 Å². The van der Waals surface area contributed by atoms with E-state index in [4.69, 9.17) is 0 Å². The summed E-state index contributed by atoms with van der Waals surface area (Å²) in [7, 11) is 0. The van der Waals surface area contributed by atoms with Gasteiger partial charge >= 0.3 is 0 Å². The topological polar surface area (TPSA) is 66.1 Å². The number of para-hydroxylation sites is 1. The minimum absolute atomic E-state index is 0.0595. The van der Waals surface area contributed by atoms with Crippen molar-refractivity contribution in [3.8, 4) is 0 Å². The van der Waals surface area contributed by atoms with Crippen molar-refractivity contribution in [1.29, 1.82) is 0 Å². The van der Waals surface area contributed by atoms with E-state index < -0.39 is 0 Å². The number of aromatic nitrogens is 2. The number of rotatable bonds is 2. The van der Waals surface area contributed by atoms with Crippen LogP contribution in [0.5, 0.6) is 0 Å². The fourth-order valence-corrected chi connectivity index (χ4v) is 3.56. The molecule has 1 aliphatic heterocycles. The summed E-state index contributed by atoms with van der Waals surface area (Å²) in [5.74, 6) is 0.580. The van der Waals surface area contributed by atoms with Crippen molar-refractivity contribution in [2.75, 3.05) is 11.4 Å². The number of hydrogen-bond donors (Lipinski definition) is 1. The lowest BCUT2D eigenvalue weighted by Gasteiger charge is -2.16. The number of carbonyl (C=O) groups excluding carboxylic acids is 1. The van der Waals surface area contributed by atoms with E-state index in [1.165, 1.54) is 11.3 Å². The molecule has 0 aliphatic carbocycles. The summed E-state index contributed by atoms with van der Waals surface area (Å²) >= 11 is 1.38. The second kappa shape index (κ2) is 5.06. The first-order valence-corrected chi connectivity index (χ1v) is 7.93. The highest BCUT2D eigenvalue weighted by atomic mass is 32.1. The molecule has 0 saturated carbocycles. The largest absolute Gasteiger partial charge is 0.312 e. The summed E-state index contributed by atoms with van der Waals surface area (Å²) in [6, 6.07) is 11.4. The monoisotopic (exact) mass is 311 g/mol. The van der Waals surface area contributed by atoms with Crippen molar-refractivity contribution in [2.45, 2.75) is 12.3 Å². The molecule has 1 amide bonds. The highest BCUT2D eigenvalue weighted by molar-refractivity contribution is 7.17. The van der Waals surface area contributed by atoms with Crippen molar-refractivity contribution in [3.63, 3.8) is 0 Å². The average Bonchev–Trinajstić information content (AvgIpc) is 3.15.